The Bertz CT molecular complexity index is 498. The van der Waals surface area contributed by atoms with Crippen LogP contribution in [-0.2, 0) is 13.2 Å². The van der Waals surface area contributed by atoms with Crippen LogP contribution in [0.2, 0.25) is 0 Å². The van der Waals surface area contributed by atoms with Crippen LogP contribution >= 0.6 is 0 Å². The van der Waals surface area contributed by atoms with Gasteiger partial charge >= 0.3 is 0 Å². The first-order chi connectivity index (χ1) is 8.22. The Balaban J connectivity index is 2.24. The number of rotatable bonds is 5. The number of aliphatic hydroxyl groups excluding tert-OH is 1. The van der Waals surface area contributed by atoms with E-state index < -0.39 is 6.43 Å². The molecule has 0 atom stereocenters. The van der Waals surface area contributed by atoms with Crippen molar-refractivity contribution in [2.24, 2.45) is 0 Å². The van der Waals surface area contributed by atoms with E-state index in [0.29, 0.717) is 24.3 Å². The van der Waals surface area contributed by atoms with Gasteiger partial charge in [0, 0.05) is 19.2 Å². The van der Waals surface area contributed by atoms with E-state index in [1.807, 2.05) is 0 Å². The highest BCUT2D eigenvalue weighted by molar-refractivity contribution is 5.74. The van der Waals surface area contributed by atoms with E-state index in [4.69, 9.17) is 0 Å². The summed E-state index contributed by atoms with van der Waals surface area (Å²) in [5.41, 5.74) is 1.49. The number of aromatic nitrogens is 3. The molecular weight excluding hydrogens is 228 g/mol. The van der Waals surface area contributed by atoms with Gasteiger partial charge in [0.1, 0.15) is 17.9 Å². The van der Waals surface area contributed by atoms with Crippen molar-refractivity contribution in [1.29, 1.82) is 0 Å². The van der Waals surface area contributed by atoms with Gasteiger partial charge in [-0.25, -0.2) is 13.8 Å². The van der Waals surface area contributed by atoms with Crippen LogP contribution < -0.4 is 0 Å². The number of hydrogen-bond donors (Lipinski definition) is 1. The fraction of sp³-hybridized carbons (Fsp3) is 0.455. The Morgan fingerprint density at radius 3 is 2.94 bits per heavy atom. The number of hydrogen-bond acceptors (Lipinski definition) is 3. The number of alkyl halides is 2. The summed E-state index contributed by atoms with van der Waals surface area (Å²) < 4.78 is 25.9. The summed E-state index contributed by atoms with van der Waals surface area (Å²) in [6.45, 7) is 0.226. The lowest BCUT2D eigenvalue weighted by molar-refractivity contribution is 0.133. The van der Waals surface area contributed by atoms with Gasteiger partial charge in [-0.05, 0) is 12.5 Å². The fourth-order valence-corrected chi connectivity index (χ4v) is 1.81. The van der Waals surface area contributed by atoms with E-state index in [9.17, 15) is 13.9 Å². The normalized spacial score (nSPS) is 11.5. The molecule has 0 spiro atoms. The fourth-order valence-electron chi connectivity index (χ4n) is 1.81. The second kappa shape index (κ2) is 5.18. The predicted octanol–water partition coefficient (Wildman–Crippen LogP) is 1.97. The molecule has 6 heteroatoms. The summed E-state index contributed by atoms with van der Waals surface area (Å²) in [7, 11) is 0. The molecule has 0 radical (unpaired) electrons. The maximum atomic E-state index is 12.1. The van der Waals surface area contributed by atoms with E-state index in [1.54, 1.807) is 23.0 Å². The summed E-state index contributed by atoms with van der Waals surface area (Å²) in [5.74, 6) is 0.488. The van der Waals surface area contributed by atoms with E-state index >= 15 is 0 Å². The monoisotopic (exact) mass is 241 g/mol. The molecule has 4 nitrogen and oxygen atoms in total. The van der Waals surface area contributed by atoms with Crippen molar-refractivity contribution in [3.63, 3.8) is 0 Å². The Labute approximate surface area is 96.9 Å². The minimum Gasteiger partial charge on any atom is -0.388 e. The molecule has 0 bridgehead atoms. The maximum Gasteiger partial charge on any atom is 0.238 e. The Kier molecular flexibility index (Phi) is 3.63. The third-order valence-corrected chi connectivity index (χ3v) is 2.58. The summed E-state index contributed by atoms with van der Waals surface area (Å²) >= 11 is 0. The first-order valence-electron chi connectivity index (χ1n) is 5.40. The second-order valence-electron chi connectivity index (χ2n) is 3.74. The zero-order chi connectivity index (χ0) is 12.3. The second-order valence-corrected chi connectivity index (χ2v) is 3.74. The molecule has 0 unspecified atom stereocenters. The van der Waals surface area contributed by atoms with Crippen LogP contribution in [0.1, 0.15) is 18.7 Å². The van der Waals surface area contributed by atoms with Gasteiger partial charge in [-0.1, -0.05) is 0 Å². The van der Waals surface area contributed by atoms with Gasteiger partial charge in [-0.2, -0.15) is 0 Å². The molecule has 2 heterocycles. The molecule has 1 N–H and O–H groups in total. The molecule has 17 heavy (non-hydrogen) atoms. The Morgan fingerprint density at radius 1 is 1.41 bits per heavy atom. The van der Waals surface area contributed by atoms with Crippen LogP contribution in [0, 0.1) is 0 Å². The van der Waals surface area contributed by atoms with Crippen LogP contribution in [0.4, 0.5) is 8.78 Å². The van der Waals surface area contributed by atoms with Crippen molar-refractivity contribution in [2.75, 3.05) is 0 Å². The number of halogens is 2. The van der Waals surface area contributed by atoms with E-state index in [2.05, 4.69) is 9.97 Å². The number of aryl methyl sites for hydroxylation is 1. The number of pyridine rings is 1. The average molecular weight is 241 g/mol. The zero-order valence-corrected chi connectivity index (χ0v) is 9.18. The third kappa shape index (κ3) is 2.58. The summed E-state index contributed by atoms with van der Waals surface area (Å²) in [5, 5.41) is 9.18. The van der Waals surface area contributed by atoms with Gasteiger partial charge in [0.2, 0.25) is 6.43 Å². The summed E-state index contributed by atoms with van der Waals surface area (Å²) in [4.78, 5) is 8.12. The van der Waals surface area contributed by atoms with Crippen molar-refractivity contribution in [3.05, 3.63) is 24.3 Å². The summed E-state index contributed by atoms with van der Waals surface area (Å²) in [6.07, 6.45) is 1.14. The molecule has 0 saturated heterocycles. The maximum absolute atomic E-state index is 12.1. The zero-order valence-electron chi connectivity index (χ0n) is 9.18. The number of aliphatic hydroxyl groups is 1. The van der Waals surface area contributed by atoms with Crippen LogP contribution in [-0.4, -0.2) is 26.1 Å². The first kappa shape index (κ1) is 11.9. The average Bonchev–Trinajstić information content (AvgIpc) is 2.67. The van der Waals surface area contributed by atoms with Crippen LogP contribution in [0.3, 0.4) is 0 Å². The molecule has 2 aromatic heterocycles. The third-order valence-electron chi connectivity index (χ3n) is 2.58. The molecule has 2 aromatic rings. The first-order valence-corrected chi connectivity index (χ1v) is 5.40. The van der Waals surface area contributed by atoms with E-state index in [0.717, 1.165) is 5.52 Å². The van der Waals surface area contributed by atoms with Crippen LogP contribution in [0.15, 0.2) is 18.5 Å². The highest BCUT2D eigenvalue weighted by Gasteiger charge is 2.10. The Hall–Kier alpha value is -1.56. The van der Waals surface area contributed by atoms with Crippen molar-refractivity contribution >= 4 is 11.0 Å². The molecule has 2 rings (SSSR count). The quantitative estimate of drug-likeness (QED) is 0.870. The van der Waals surface area contributed by atoms with Gasteiger partial charge in [-0.15, -0.1) is 0 Å². The highest BCUT2D eigenvalue weighted by Crippen LogP contribution is 2.16. The largest absolute Gasteiger partial charge is 0.388 e. The molecule has 92 valence electrons. The molecule has 0 aliphatic carbocycles. The Morgan fingerprint density at radius 2 is 2.24 bits per heavy atom. The predicted molar refractivity (Wildman–Crippen MR) is 58.7 cm³/mol. The van der Waals surface area contributed by atoms with Gasteiger partial charge in [-0.3, -0.25) is 4.98 Å². The van der Waals surface area contributed by atoms with Crippen molar-refractivity contribution < 1.29 is 13.9 Å². The van der Waals surface area contributed by atoms with Gasteiger partial charge < -0.3 is 9.67 Å². The molecule has 0 saturated carbocycles. The van der Waals surface area contributed by atoms with E-state index in [1.165, 1.54) is 0 Å². The highest BCUT2D eigenvalue weighted by atomic mass is 19.3. The smallest absolute Gasteiger partial charge is 0.238 e. The van der Waals surface area contributed by atoms with Gasteiger partial charge in [0.05, 0.1) is 11.7 Å². The number of imidazole rings is 1. The van der Waals surface area contributed by atoms with Crippen molar-refractivity contribution in [3.8, 4) is 0 Å². The van der Waals surface area contributed by atoms with Crippen molar-refractivity contribution in [1.82, 2.24) is 14.5 Å². The van der Waals surface area contributed by atoms with E-state index in [-0.39, 0.29) is 13.0 Å². The standard InChI is InChI=1S/C11H13F2N3O/c12-10(13)2-1-5-16-9-3-4-14-6-8(9)15-11(16)7-17/h3-4,6,10,17H,1-2,5,7H2. The van der Waals surface area contributed by atoms with Crippen molar-refractivity contribution in [2.45, 2.75) is 32.4 Å². The lowest BCUT2D eigenvalue weighted by Crippen LogP contribution is -2.05. The molecular formula is C11H13F2N3O. The van der Waals surface area contributed by atoms with Gasteiger partial charge in [0.25, 0.3) is 0 Å². The lowest BCUT2D eigenvalue weighted by Gasteiger charge is -2.07. The number of nitrogens with zero attached hydrogens (tertiary/aromatic N) is 3. The van der Waals surface area contributed by atoms with Gasteiger partial charge in [0.15, 0.2) is 0 Å². The van der Waals surface area contributed by atoms with Crippen LogP contribution in [0.25, 0.3) is 11.0 Å². The molecule has 0 fully saturated rings. The minimum absolute atomic E-state index is 0.143. The lowest BCUT2D eigenvalue weighted by atomic mass is 10.3. The molecule has 0 aliphatic heterocycles. The molecule has 0 aromatic carbocycles. The minimum atomic E-state index is -2.29. The topological polar surface area (TPSA) is 50.9 Å². The van der Waals surface area contributed by atoms with Crippen LogP contribution in [0.5, 0.6) is 0 Å². The SMILES string of the molecule is OCc1nc2cnccc2n1CCCC(F)F. The molecule has 0 aliphatic rings. The summed E-state index contributed by atoms with van der Waals surface area (Å²) in [6, 6.07) is 1.77. The number of fused-ring (bicyclic) bond motifs is 1. The molecule has 0 amide bonds.